The highest BCUT2D eigenvalue weighted by atomic mass is 28.5. The smallest absolute Gasteiger partial charge is 0.351 e. The molecule has 12 heteroatoms. The Morgan fingerprint density at radius 1 is 0.273 bits per heavy atom. The highest BCUT2D eigenvalue weighted by Crippen LogP contribution is 2.31. The lowest BCUT2D eigenvalue weighted by Crippen LogP contribution is -2.74. The number of hydrogen-bond donors (Lipinski definition) is 0. The van der Waals surface area contributed by atoms with E-state index in [-0.39, 0.29) is 0 Å². The molecule has 0 saturated carbocycles. The summed E-state index contributed by atoms with van der Waals surface area (Å²) in [5.74, 6) is 0. The van der Waals surface area contributed by atoms with E-state index in [2.05, 4.69) is 101 Å². The van der Waals surface area contributed by atoms with Gasteiger partial charge in [0.05, 0.1) is 0 Å². The fourth-order valence-corrected chi connectivity index (χ4v) is 37.3. The molecule has 0 radical (unpaired) electrons. The molecule has 4 aromatic rings. The van der Waals surface area contributed by atoms with Crippen molar-refractivity contribution >= 4 is 72.1 Å². The Bertz CT molecular complexity index is 1310. The van der Waals surface area contributed by atoms with Gasteiger partial charge in [-0.15, -0.1) is 0 Å². The Morgan fingerprint density at radius 2 is 0.455 bits per heavy atom. The third kappa shape index (κ3) is 7.49. The maximum absolute atomic E-state index is 7.42. The van der Waals surface area contributed by atoms with Crippen LogP contribution >= 0.6 is 0 Å². The average Bonchev–Trinajstić information content (AvgIpc) is 2.97. The lowest BCUT2D eigenvalue weighted by molar-refractivity contribution is 0.249. The lowest BCUT2D eigenvalue weighted by Gasteiger charge is -2.49. The predicted octanol–water partition coefficient (Wildman–Crippen LogP) is 5.42. The molecule has 4 unspecified atom stereocenters. The number of rotatable bonds is 4. The molecule has 1 aliphatic heterocycles. The van der Waals surface area contributed by atoms with Gasteiger partial charge in [-0.2, -0.15) is 0 Å². The van der Waals surface area contributed by atoms with E-state index in [4.69, 9.17) is 24.7 Å². The first kappa shape index (κ1) is 33.3. The minimum atomic E-state index is -3.15. The SMILES string of the molecule is C[Si]1(C)O[Si](C)(c2ccccc2)O[Si](C)(c2ccccc2)O[Si](C)(C)O[Si](C)(c2ccccc2)O[Si](C)(c2ccccc2)O1. The van der Waals surface area contributed by atoms with Gasteiger partial charge in [0.1, 0.15) is 0 Å². The Kier molecular flexibility index (Phi) is 9.55. The van der Waals surface area contributed by atoms with Crippen molar-refractivity contribution in [2.75, 3.05) is 0 Å². The fourth-order valence-electron chi connectivity index (χ4n) is 6.18. The van der Waals surface area contributed by atoms with Crippen molar-refractivity contribution in [2.45, 2.75) is 52.4 Å². The Morgan fingerprint density at radius 3 is 0.636 bits per heavy atom. The van der Waals surface area contributed by atoms with Crippen LogP contribution in [-0.2, 0) is 24.7 Å². The normalized spacial score (nSPS) is 30.9. The van der Waals surface area contributed by atoms with Gasteiger partial charge in [0, 0.05) is 0 Å². The van der Waals surface area contributed by atoms with Gasteiger partial charge < -0.3 is 24.7 Å². The maximum atomic E-state index is 7.42. The monoisotopic (exact) mass is 692 g/mol. The summed E-state index contributed by atoms with van der Waals surface area (Å²) in [5, 5.41) is 4.14. The molecule has 1 saturated heterocycles. The van der Waals surface area contributed by atoms with Crippen LogP contribution in [0.1, 0.15) is 0 Å². The van der Waals surface area contributed by atoms with Crippen LogP contribution in [0.15, 0.2) is 121 Å². The quantitative estimate of drug-likeness (QED) is 0.267. The first-order chi connectivity index (χ1) is 20.7. The summed E-state index contributed by atoms with van der Waals surface area (Å²) in [7, 11) is -18.5. The molecule has 6 nitrogen and oxygen atoms in total. The molecule has 232 valence electrons. The molecule has 0 N–H and O–H groups in total. The summed E-state index contributed by atoms with van der Waals surface area (Å²) in [4.78, 5) is 0. The van der Waals surface area contributed by atoms with Gasteiger partial charge in [-0.25, -0.2) is 0 Å². The zero-order valence-corrected chi connectivity index (χ0v) is 33.0. The van der Waals surface area contributed by atoms with Crippen LogP contribution in [0, 0.1) is 0 Å². The van der Waals surface area contributed by atoms with E-state index >= 15 is 0 Å². The van der Waals surface area contributed by atoms with E-state index in [1.807, 2.05) is 72.8 Å². The Balaban J connectivity index is 1.73. The molecule has 0 aliphatic carbocycles. The molecule has 1 fully saturated rings. The van der Waals surface area contributed by atoms with Crippen molar-refractivity contribution in [2.24, 2.45) is 0 Å². The summed E-state index contributed by atoms with van der Waals surface area (Å²) in [6.45, 7) is 16.9. The lowest BCUT2D eigenvalue weighted by atomic mass is 10.4. The minimum Gasteiger partial charge on any atom is -0.412 e. The van der Waals surface area contributed by atoms with Crippen molar-refractivity contribution in [1.82, 2.24) is 0 Å². The molecule has 4 aromatic carbocycles. The summed E-state index contributed by atoms with van der Waals surface area (Å²) in [6.07, 6.45) is 0. The van der Waals surface area contributed by atoms with Gasteiger partial charge in [-0.05, 0) is 73.1 Å². The molecular formula is C32H44O6Si6. The van der Waals surface area contributed by atoms with Crippen molar-refractivity contribution < 1.29 is 24.7 Å². The van der Waals surface area contributed by atoms with E-state index in [0.29, 0.717) is 0 Å². The Hall–Kier alpha value is -2.06. The van der Waals surface area contributed by atoms with E-state index in [1.165, 1.54) is 0 Å². The van der Waals surface area contributed by atoms with Crippen molar-refractivity contribution in [3.63, 3.8) is 0 Å². The number of benzene rings is 4. The summed E-state index contributed by atoms with van der Waals surface area (Å²) >= 11 is 0. The van der Waals surface area contributed by atoms with Crippen LogP contribution in [0.25, 0.3) is 0 Å². The second kappa shape index (κ2) is 12.6. The molecule has 44 heavy (non-hydrogen) atoms. The van der Waals surface area contributed by atoms with Gasteiger partial charge in [0.15, 0.2) is 0 Å². The standard InChI is InChI=1S/C32H44O6Si6/c1-39(2)33-41(5,29-21-13-9-14-22-29)37-43(7,31-25-17-11-18-26-31)35-40(3,4)36-44(8,32-27-19-12-20-28-32)38-42(6,34-39)30-23-15-10-16-24-30/h9-28H,1-8H3. The second-order valence-electron chi connectivity index (χ2n) is 12.7. The average molecular weight is 693 g/mol. The molecule has 0 aromatic heterocycles. The molecule has 0 spiro atoms. The second-order valence-corrected chi connectivity index (χ2v) is 33.0. The molecule has 0 amide bonds. The zero-order chi connectivity index (χ0) is 31.7. The van der Waals surface area contributed by atoms with Crippen molar-refractivity contribution in [3.8, 4) is 0 Å². The Labute approximate surface area is 269 Å². The first-order valence-electron chi connectivity index (χ1n) is 15.1. The van der Waals surface area contributed by atoms with E-state index < -0.39 is 51.4 Å². The highest BCUT2D eigenvalue weighted by Gasteiger charge is 2.57. The third-order valence-electron chi connectivity index (χ3n) is 7.73. The maximum Gasteiger partial charge on any atom is 0.351 e. The molecular weight excluding hydrogens is 649 g/mol. The van der Waals surface area contributed by atoms with Gasteiger partial charge in [0.25, 0.3) is 0 Å². The summed E-state index contributed by atoms with van der Waals surface area (Å²) < 4.78 is 44.0. The molecule has 5 rings (SSSR count). The topological polar surface area (TPSA) is 55.4 Å². The zero-order valence-electron chi connectivity index (χ0n) is 27.0. The van der Waals surface area contributed by atoms with Crippen molar-refractivity contribution in [3.05, 3.63) is 121 Å². The van der Waals surface area contributed by atoms with E-state index in [9.17, 15) is 0 Å². The van der Waals surface area contributed by atoms with Gasteiger partial charge in [-0.3, -0.25) is 0 Å². The van der Waals surface area contributed by atoms with Gasteiger partial charge in [-0.1, -0.05) is 121 Å². The number of hydrogen-bond acceptors (Lipinski definition) is 6. The van der Waals surface area contributed by atoms with Crippen molar-refractivity contribution in [1.29, 1.82) is 0 Å². The highest BCUT2D eigenvalue weighted by molar-refractivity contribution is 7.02. The minimum absolute atomic E-state index is 1.03. The van der Waals surface area contributed by atoms with Crippen LogP contribution in [0.2, 0.25) is 52.4 Å². The third-order valence-corrected chi connectivity index (χ3v) is 33.6. The molecule has 4 atom stereocenters. The summed E-state index contributed by atoms with van der Waals surface area (Å²) in [6, 6.07) is 41.2. The van der Waals surface area contributed by atoms with Crippen LogP contribution in [0.5, 0.6) is 0 Å². The van der Waals surface area contributed by atoms with E-state index in [1.54, 1.807) is 0 Å². The first-order valence-corrected chi connectivity index (χ1v) is 30.0. The molecule has 1 aliphatic rings. The molecule has 1 heterocycles. The van der Waals surface area contributed by atoms with Crippen LogP contribution in [-0.4, -0.2) is 51.4 Å². The molecule has 0 bridgehead atoms. The van der Waals surface area contributed by atoms with Gasteiger partial charge >= 0.3 is 51.4 Å². The summed E-state index contributed by atoms with van der Waals surface area (Å²) in [5.41, 5.74) is 0. The van der Waals surface area contributed by atoms with Crippen LogP contribution in [0.3, 0.4) is 0 Å². The van der Waals surface area contributed by atoms with Crippen LogP contribution in [0.4, 0.5) is 0 Å². The van der Waals surface area contributed by atoms with Crippen LogP contribution < -0.4 is 20.7 Å². The fraction of sp³-hybridized carbons (Fsp3) is 0.250. The predicted molar refractivity (Wildman–Crippen MR) is 192 cm³/mol. The largest absolute Gasteiger partial charge is 0.412 e. The van der Waals surface area contributed by atoms with Gasteiger partial charge in [0.2, 0.25) is 0 Å². The van der Waals surface area contributed by atoms with E-state index in [0.717, 1.165) is 20.7 Å².